The summed E-state index contributed by atoms with van der Waals surface area (Å²) >= 11 is 0. The summed E-state index contributed by atoms with van der Waals surface area (Å²) in [5.74, 6) is 0.556. The Bertz CT molecular complexity index is 535. The predicted molar refractivity (Wildman–Crippen MR) is 66.4 cm³/mol. The molecular formula is C13H16FN3O. The highest BCUT2D eigenvalue weighted by Crippen LogP contribution is 2.27. The highest BCUT2D eigenvalue weighted by atomic mass is 19.1. The van der Waals surface area contributed by atoms with E-state index < -0.39 is 0 Å². The van der Waals surface area contributed by atoms with Gasteiger partial charge in [-0.1, -0.05) is 24.2 Å². The molecule has 0 saturated heterocycles. The van der Waals surface area contributed by atoms with E-state index >= 15 is 0 Å². The number of benzene rings is 1. The van der Waals surface area contributed by atoms with Crippen molar-refractivity contribution in [1.29, 1.82) is 0 Å². The highest BCUT2D eigenvalue weighted by Gasteiger charge is 2.29. The van der Waals surface area contributed by atoms with Crippen molar-refractivity contribution in [2.24, 2.45) is 5.73 Å². The van der Waals surface area contributed by atoms with E-state index in [1.54, 1.807) is 12.1 Å². The largest absolute Gasteiger partial charge is 0.338 e. The number of rotatable bonds is 4. The summed E-state index contributed by atoms with van der Waals surface area (Å²) in [4.78, 5) is 4.31. The van der Waals surface area contributed by atoms with Gasteiger partial charge < -0.3 is 10.3 Å². The third-order valence-corrected chi connectivity index (χ3v) is 3.26. The van der Waals surface area contributed by atoms with Gasteiger partial charge in [0.15, 0.2) is 0 Å². The number of halogens is 1. The number of hydrogen-bond acceptors (Lipinski definition) is 4. The fourth-order valence-corrected chi connectivity index (χ4v) is 1.60. The Balaban J connectivity index is 2.36. The second kappa shape index (κ2) is 4.86. The smallest absolute Gasteiger partial charge is 0.234 e. The summed E-state index contributed by atoms with van der Waals surface area (Å²) in [7, 11) is 0. The van der Waals surface area contributed by atoms with Crippen LogP contribution >= 0.6 is 0 Å². The molecule has 0 amide bonds. The lowest BCUT2D eigenvalue weighted by Gasteiger charge is -2.20. The zero-order chi connectivity index (χ0) is 13.2. The van der Waals surface area contributed by atoms with E-state index in [2.05, 4.69) is 10.1 Å². The minimum atomic E-state index is -0.335. The third kappa shape index (κ3) is 2.26. The first-order chi connectivity index (χ1) is 8.59. The van der Waals surface area contributed by atoms with E-state index in [9.17, 15) is 4.39 Å². The van der Waals surface area contributed by atoms with Crippen molar-refractivity contribution in [1.82, 2.24) is 10.1 Å². The lowest BCUT2D eigenvalue weighted by Crippen LogP contribution is -2.31. The fourth-order valence-electron chi connectivity index (χ4n) is 1.60. The lowest BCUT2D eigenvalue weighted by molar-refractivity contribution is 0.291. The zero-order valence-corrected chi connectivity index (χ0v) is 10.5. The van der Waals surface area contributed by atoms with Gasteiger partial charge >= 0.3 is 0 Å². The number of nitrogens with two attached hydrogens (primary N) is 1. The number of nitrogens with zero attached hydrogens (tertiary/aromatic N) is 2. The molecule has 0 bridgehead atoms. The Morgan fingerprint density at radius 2 is 2.22 bits per heavy atom. The summed E-state index contributed by atoms with van der Waals surface area (Å²) in [6.07, 6.45) is 0.800. The van der Waals surface area contributed by atoms with E-state index in [4.69, 9.17) is 10.3 Å². The molecular weight excluding hydrogens is 233 g/mol. The maximum absolute atomic E-state index is 13.1. The van der Waals surface area contributed by atoms with Gasteiger partial charge in [0.25, 0.3) is 0 Å². The van der Waals surface area contributed by atoms with E-state index in [0.717, 1.165) is 6.42 Å². The van der Waals surface area contributed by atoms with E-state index in [1.165, 1.54) is 12.1 Å². The maximum atomic E-state index is 13.1. The third-order valence-electron chi connectivity index (χ3n) is 3.26. The second-order valence-electron chi connectivity index (χ2n) is 4.55. The molecule has 18 heavy (non-hydrogen) atoms. The van der Waals surface area contributed by atoms with Crippen LogP contribution in [0.25, 0.3) is 11.4 Å². The summed E-state index contributed by atoms with van der Waals surface area (Å²) in [6, 6.07) is 6.10. The standard InChI is InChI=1S/C13H16FN3O/c1-3-13(2,8-15)12-16-11(17-18-12)9-5-4-6-10(14)7-9/h4-7H,3,8,15H2,1-2H3. The Morgan fingerprint density at radius 1 is 1.44 bits per heavy atom. The van der Waals surface area contributed by atoms with Crippen molar-refractivity contribution < 1.29 is 8.91 Å². The van der Waals surface area contributed by atoms with Crippen LogP contribution < -0.4 is 5.73 Å². The van der Waals surface area contributed by atoms with Gasteiger partial charge in [0.05, 0.1) is 5.41 Å². The Labute approximate surface area is 105 Å². The van der Waals surface area contributed by atoms with Gasteiger partial charge in [0, 0.05) is 12.1 Å². The molecule has 0 aliphatic heterocycles. The molecule has 0 fully saturated rings. The molecule has 0 aliphatic carbocycles. The molecule has 0 spiro atoms. The van der Waals surface area contributed by atoms with Crippen molar-refractivity contribution in [3.05, 3.63) is 36.0 Å². The van der Waals surface area contributed by atoms with Crippen LogP contribution in [0.3, 0.4) is 0 Å². The van der Waals surface area contributed by atoms with Crippen molar-refractivity contribution >= 4 is 0 Å². The van der Waals surface area contributed by atoms with Gasteiger partial charge in [-0.2, -0.15) is 4.98 Å². The average Bonchev–Trinajstić information content (AvgIpc) is 2.88. The number of aromatic nitrogens is 2. The maximum Gasteiger partial charge on any atom is 0.234 e. The normalized spacial score (nSPS) is 14.4. The average molecular weight is 249 g/mol. The van der Waals surface area contributed by atoms with Gasteiger partial charge in [-0.3, -0.25) is 0 Å². The molecule has 2 rings (SSSR count). The molecule has 0 aliphatic rings. The van der Waals surface area contributed by atoms with Gasteiger partial charge in [0.1, 0.15) is 5.82 Å². The van der Waals surface area contributed by atoms with Gasteiger partial charge in [0.2, 0.25) is 11.7 Å². The Morgan fingerprint density at radius 3 is 2.83 bits per heavy atom. The van der Waals surface area contributed by atoms with Gasteiger partial charge in [-0.15, -0.1) is 0 Å². The zero-order valence-electron chi connectivity index (χ0n) is 10.5. The highest BCUT2D eigenvalue weighted by molar-refractivity contribution is 5.54. The number of hydrogen-bond donors (Lipinski definition) is 1. The first-order valence-corrected chi connectivity index (χ1v) is 5.89. The van der Waals surface area contributed by atoms with Crippen molar-refractivity contribution in [2.75, 3.05) is 6.54 Å². The molecule has 1 heterocycles. The molecule has 0 saturated carbocycles. The minimum Gasteiger partial charge on any atom is -0.338 e. The van der Waals surface area contributed by atoms with E-state index in [1.807, 2.05) is 13.8 Å². The molecule has 1 aromatic heterocycles. The quantitative estimate of drug-likeness (QED) is 0.904. The molecule has 0 radical (unpaired) electrons. The molecule has 1 unspecified atom stereocenters. The topological polar surface area (TPSA) is 64.9 Å². The van der Waals surface area contributed by atoms with Crippen LogP contribution in [0.4, 0.5) is 4.39 Å². The first-order valence-electron chi connectivity index (χ1n) is 5.89. The van der Waals surface area contributed by atoms with Crippen LogP contribution in [-0.2, 0) is 5.41 Å². The van der Waals surface area contributed by atoms with Crippen molar-refractivity contribution in [2.45, 2.75) is 25.7 Å². The Kier molecular flexibility index (Phi) is 3.43. The van der Waals surface area contributed by atoms with Crippen molar-refractivity contribution in [3.63, 3.8) is 0 Å². The molecule has 2 N–H and O–H groups in total. The lowest BCUT2D eigenvalue weighted by atomic mass is 9.88. The molecule has 1 atom stereocenters. The van der Waals surface area contributed by atoms with E-state index in [-0.39, 0.29) is 11.2 Å². The van der Waals surface area contributed by atoms with Crippen LogP contribution in [0.15, 0.2) is 28.8 Å². The van der Waals surface area contributed by atoms with Crippen molar-refractivity contribution in [3.8, 4) is 11.4 Å². The SMILES string of the molecule is CCC(C)(CN)c1nc(-c2cccc(F)c2)no1. The van der Waals surface area contributed by atoms with Gasteiger partial charge in [-0.25, -0.2) is 4.39 Å². The minimum absolute atomic E-state index is 0.323. The predicted octanol–water partition coefficient (Wildman–Crippen LogP) is 2.50. The van der Waals surface area contributed by atoms with Crippen LogP contribution in [0.1, 0.15) is 26.2 Å². The van der Waals surface area contributed by atoms with E-state index in [0.29, 0.717) is 23.8 Å². The van der Waals surface area contributed by atoms with Gasteiger partial charge in [-0.05, 0) is 25.5 Å². The summed E-state index contributed by atoms with van der Waals surface area (Å²) in [5, 5.41) is 3.88. The second-order valence-corrected chi connectivity index (χ2v) is 4.55. The first kappa shape index (κ1) is 12.7. The van der Waals surface area contributed by atoms with Crippen LogP contribution in [0.2, 0.25) is 0 Å². The molecule has 96 valence electrons. The summed E-state index contributed by atoms with van der Waals surface area (Å²) < 4.78 is 18.4. The Hall–Kier alpha value is -1.75. The van der Waals surface area contributed by atoms with Crippen LogP contribution in [0, 0.1) is 5.82 Å². The molecule has 2 aromatic rings. The summed E-state index contributed by atoms with van der Waals surface area (Å²) in [6.45, 7) is 4.41. The molecule has 4 nitrogen and oxygen atoms in total. The fraction of sp³-hybridized carbons (Fsp3) is 0.385. The summed E-state index contributed by atoms with van der Waals surface area (Å²) in [5.41, 5.74) is 6.00. The molecule has 1 aromatic carbocycles. The monoisotopic (exact) mass is 249 g/mol. The molecule has 5 heteroatoms. The van der Waals surface area contributed by atoms with Crippen LogP contribution in [0.5, 0.6) is 0 Å². The van der Waals surface area contributed by atoms with Crippen LogP contribution in [-0.4, -0.2) is 16.7 Å².